The Balaban J connectivity index is 1.73. The van der Waals surface area contributed by atoms with Crippen LogP contribution in [-0.2, 0) is 6.61 Å². The summed E-state index contributed by atoms with van der Waals surface area (Å²) in [6, 6.07) is 10.5. The van der Waals surface area contributed by atoms with Crippen LogP contribution in [0.1, 0.15) is 29.9 Å². The lowest BCUT2D eigenvalue weighted by molar-refractivity contribution is 0.0750. The Labute approximate surface area is 166 Å². The standard InChI is InChI=1S/C21H20F2N2O2S/c1-13(2)25(3)21(26)19-12-28-20(24-19)17-8-7-16(10-18(17)23)27-11-14-5-4-6-15(22)9-14/h4-10,12-13H,11H2,1-3H3. The van der Waals surface area contributed by atoms with E-state index < -0.39 is 5.82 Å². The highest BCUT2D eigenvalue weighted by Crippen LogP contribution is 2.29. The molecular weight excluding hydrogens is 382 g/mol. The summed E-state index contributed by atoms with van der Waals surface area (Å²) < 4.78 is 33.3. The second-order valence-corrected chi connectivity index (χ2v) is 7.47. The molecule has 3 rings (SSSR count). The van der Waals surface area contributed by atoms with Crippen molar-refractivity contribution >= 4 is 17.2 Å². The summed E-state index contributed by atoms with van der Waals surface area (Å²) in [5, 5.41) is 2.05. The van der Waals surface area contributed by atoms with E-state index in [1.807, 2.05) is 13.8 Å². The Kier molecular flexibility index (Phi) is 6.04. The van der Waals surface area contributed by atoms with E-state index in [0.29, 0.717) is 27.6 Å². The fourth-order valence-corrected chi connectivity index (χ4v) is 3.28. The lowest BCUT2D eigenvalue weighted by atomic mass is 10.2. The third-order valence-electron chi connectivity index (χ3n) is 4.28. The number of aromatic nitrogens is 1. The third kappa shape index (κ3) is 4.54. The van der Waals surface area contributed by atoms with Crippen molar-refractivity contribution in [3.63, 3.8) is 0 Å². The molecule has 0 saturated heterocycles. The van der Waals surface area contributed by atoms with Crippen molar-refractivity contribution in [1.82, 2.24) is 9.88 Å². The molecule has 1 aromatic heterocycles. The molecule has 0 saturated carbocycles. The predicted molar refractivity (Wildman–Crippen MR) is 105 cm³/mol. The second kappa shape index (κ2) is 8.48. The summed E-state index contributed by atoms with van der Waals surface area (Å²) in [5.41, 5.74) is 1.25. The van der Waals surface area contributed by atoms with Crippen LogP contribution in [0, 0.1) is 11.6 Å². The molecule has 28 heavy (non-hydrogen) atoms. The van der Waals surface area contributed by atoms with E-state index in [9.17, 15) is 13.6 Å². The molecule has 0 fully saturated rings. The Morgan fingerprint density at radius 2 is 2.00 bits per heavy atom. The van der Waals surface area contributed by atoms with Gasteiger partial charge in [0.15, 0.2) is 0 Å². The number of nitrogens with zero attached hydrogens (tertiary/aromatic N) is 2. The molecule has 0 bridgehead atoms. The summed E-state index contributed by atoms with van der Waals surface area (Å²) in [6.07, 6.45) is 0. The maximum Gasteiger partial charge on any atom is 0.273 e. The number of ether oxygens (including phenoxy) is 1. The Bertz CT molecular complexity index is 988. The third-order valence-corrected chi connectivity index (χ3v) is 5.16. The van der Waals surface area contributed by atoms with E-state index in [2.05, 4.69) is 4.98 Å². The minimum absolute atomic E-state index is 0.0453. The molecule has 146 valence electrons. The van der Waals surface area contributed by atoms with Crippen LogP contribution in [0.25, 0.3) is 10.6 Å². The normalized spacial score (nSPS) is 10.9. The van der Waals surface area contributed by atoms with Crippen LogP contribution in [0.4, 0.5) is 8.78 Å². The maximum atomic E-state index is 14.6. The van der Waals surface area contributed by atoms with Gasteiger partial charge >= 0.3 is 0 Å². The molecule has 3 aromatic rings. The first-order chi connectivity index (χ1) is 13.3. The van der Waals surface area contributed by atoms with Crippen LogP contribution < -0.4 is 4.74 Å². The first kappa shape index (κ1) is 19.9. The first-order valence-corrected chi connectivity index (χ1v) is 9.63. The van der Waals surface area contributed by atoms with Crippen molar-refractivity contribution in [2.75, 3.05) is 7.05 Å². The van der Waals surface area contributed by atoms with Gasteiger partial charge in [-0.15, -0.1) is 11.3 Å². The zero-order valence-corrected chi connectivity index (χ0v) is 16.6. The summed E-state index contributed by atoms with van der Waals surface area (Å²) in [5.74, 6) is -0.715. The highest BCUT2D eigenvalue weighted by Gasteiger charge is 2.19. The molecule has 0 aliphatic carbocycles. The van der Waals surface area contributed by atoms with Crippen LogP contribution in [0.3, 0.4) is 0 Å². The fraction of sp³-hybridized carbons (Fsp3) is 0.238. The highest BCUT2D eigenvalue weighted by molar-refractivity contribution is 7.13. The van der Waals surface area contributed by atoms with E-state index >= 15 is 0 Å². The van der Waals surface area contributed by atoms with E-state index in [1.54, 1.807) is 41.6 Å². The molecule has 0 aliphatic rings. The lowest BCUT2D eigenvalue weighted by Gasteiger charge is -2.20. The topological polar surface area (TPSA) is 42.4 Å². The van der Waals surface area contributed by atoms with E-state index in [-0.39, 0.29) is 24.4 Å². The summed E-state index contributed by atoms with van der Waals surface area (Å²) in [6.45, 7) is 3.95. The average molecular weight is 402 g/mol. The van der Waals surface area contributed by atoms with Gasteiger partial charge in [0.05, 0.1) is 0 Å². The van der Waals surface area contributed by atoms with Gasteiger partial charge in [-0.25, -0.2) is 13.8 Å². The number of benzene rings is 2. The summed E-state index contributed by atoms with van der Waals surface area (Å²) >= 11 is 1.21. The van der Waals surface area contributed by atoms with Gasteiger partial charge in [0, 0.05) is 30.1 Å². The van der Waals surface area contributed by atoms with Crippen molar-refractivity contribution in [3.8, 4) is 16.3 Å². The zero-order chi connectivity index (χ0) is 20.3. The number of thiazole rings is 1. The van der Waals surface area contributed by atoms with Crippen LogP contribution in [-0.4, -0.2) is 28.9 Å². The average Bonchev–Trinajstić information content (AvgIpc) is 3.15. The van der Waals surface area contributed by atoms with Crippen molar-refractivity contribution in [2.45, 2.75) is 26.5 Å². The van der Waals surface area contributed by atoms with Crippen molar-refractivity contribution < 1.29 is 18.3 Å². The molecule has 7 heteroatoms. The molecule has 0 N–H and O–H groups in total. The smallest absolute Gasteiger partial charge is 0.273 e. The number of amides is 1. The maximum absolute atomic E-state index is 14.6. The highest BCUT2D eigenvalue weighted by atomic mass is 32.1. The van der Waals surface area contributed by atoms with Crippen molar-refractivity contribution in [2.24, 2.45) is 0 Å². The number of hydrogen-bond acceptors (Lipinski definition) is 4. The number of halogens is 2. The minimum Gasteiger partial charge on any atom is -0.489 e. The molecule has 0 radical (unpaired) electrons. The Morgan fingerprint density at radius 3 is 2.68 bits per heavy atom. The van der Waals surface area contributed by atoms with Gasteiger partial charge in [-0.2, -0.15) is 0 Å². The minimum atomic E-state index is -0.498. The van der Waals surface area contributed by atoms with Crippen LogP contribution in [0.2, 0.25) is 0 Å². The van der Waals surface area contributed by atoms with Crippen molar-refractivity contribution in [1.29, 1.82) is 0 Å². The molecule has 0 aliphatic heterocycles. The number of carbonyl (C=O) groups is 1. The second-order valence-electron chi connectivity index (χ2n) is 6.61. The van der Waals surface area contributed by atoms with Crippen molar-refractivity contribution in [3.05, 3.63) is 70.7 Å². The molecule has 2 aromatic carbocycles. The SMILES string of the molecule is CC(C)N(C)C(=O)c1csc(-c2ccc(OCc3cccc(F)c3)cc2F)n1. The van der Waals surface area contributed by atoms with Crippen LogP contribution >= 0.6 is 11.3 Å². The molecular formula is C21H20F2N2O2S. The fourth-order valence-electron chi connectivity index (χ4n) is 2.46. The van der Waals surface area contributed by atoms with Gasteiger partial charge < -0.3 is 9.64 Å². The molecule has 0 atom stereocenters. The Morgan fingerprint density at radius 1 is 1.21 bits per heavy atom. The van der Waals surface area contributed by atoms with Crippen LogP contribution in [0.5, 0.6) is 5.75 Å². The largest absolute Gasteiger partial charge is 0.489 e. The summed E-state index contributed by atoms with van der Waals surface area (Å²) in [4.78, 5) is 18.2. The zero-order valence-electron chi connectivity index (χ0n) is 15.8. The quantitative estimate of drug-likeness (QED) is 0.573. The predicted octanol–water partition coefficient (Wildman–Crippen LogP) is 5.15. The molecule has 1 heterocycles. The molecule has 1 amide bonds. The first-order valence-electron chi connectivity index (χ1n) is 8.75. The Hall–Kier alpha value is -2.80. The molecule has 4 nitrogen and oxygen atoms in total. The van der Waals surface area contributed by atoms with Gasteiger partial charge in [0.25, 0.3) is 5.91 Å². The van der Waals surface area contributed by atoms with E-state index in [4.69, 9.17) is 4.74 Å². The van der Waals surface area contributed by atoms with E-state index in [1.165, 1.54) is 29.5 Å². The lowest BCUT2D eigenvalue weighted by Crippen LogP contribution is -2.33. The van der Waals surface area contributed by atoms with Gasteiger partial charge in [-0.1, -0.05) is 12.1 Å². The molecule has 0 spiro atoms. The monoisotopic (exact) mass is 402 g/mol. The van der Waals surface area contributed by atoms with Gasteiger partial charge in [-0.3, -0.25) is 4.79 Å². The van der Waals surface area contributed by atoms with Gasteiger partial charge in [0.2, 0.25) is 0 Å². The number of rotatable bonds is 6. The van der Waals surface area contributed by atoms with E-state index in [0.717, 1.165) is 0 Å². The van der Waals surface area contributed by atoms with Gasteiger partial charge in [-0.05, 0) is 43.7 Å². The number of hydrogen-bond donors (Lipinski definition) is 0. The summed E-state index contributed by atoms with van der Waals surface area (Å²) in [7, 11) is 1.71. The number of carbonyl (C=O) groups excluding carboxylic acids is 1. The van der Waals surface area contributed by atoms with Crippen LogP contribution in [0.15, 0.2) is 47.8 Å². The van der Waals surface area contributed by atoms with Gasteiger partial charge in [0.1, 0.15) is 34.7 Å². The molecule has 0 unspecified atom stereocenters.